The average molecular weight is 413 g/mol. The van der Waals surface area contributed by atoms with E-state index < -0.39 is 5.82 Å². The molecule has 5 aromatic rings. The number of hydrogen-bond donors (Lipinski definition) is 0. The molecule has 0 bridgehead atoms. The van der Waals surface area contributed by atoms with Gasteiger partial charge in [-0.25, -0.2) is 9.37 Å². The number of benzene rings is 2. The maximum Gasteiger partial charge on any atom is 0.265 e. The van der Waals surface area contributed by atoms with Crippen molar-refractivity contribution >= 4 is 10.9 Å². The van der Waals surface area contributed by atoms with E-state index in [9.17, 15) is 9.18 Å². The SMILES string of the molecule is Cn1cc(-c2cc(Oc3ccc4ncn(-c5cccc(F)c5)c(=O)c4c3)ccn2)cn1. The molecule has 8 heteroatoms. The van der Waals surface area contributed by atoms with Gasteiger partial charge < -0.3 is 4.74 Å². The van der Waals surface area contributed by atoms with Crippen LogP contribution in [0.2, 0.25) is 0 Å². The molecule has 0 atom stereocenters. The standard InChI is InChI=1S/C23H16FN5O2/c1-28-13-15(12-27-28)22-11-19(7-8-25-22)31-18-5-6-21-20(10-18)23(30)29(14-26-21)17-4-2-3-16(24)9-17/h2-14H,1H3. The molecule has 2 aromatic carbocycles. The number of rotatable bonds is 4. The maximum absolute atomic E-state index is 13.6. The zero-order chi connectivity index (χ0) is 21.4. The summed E-state index contributed by atoms with van der Waals surface area (Å²) < 4.78 is 22.6. The van der Waals surface area contributed by atoms with Crippen LogP contribution in [0.25, 0.3) is 27.8 Å². The third-order valence-electron chi connectivity index (χ3n) is 4.78. The van der Waals surface area contributed by atoms with Crippen molar-refractivity contribution in [1.82, 2.24) is 24.3 Å². The monoisotopic (exact) mass is 413 g/mol. The van der Waals surface area contributed by atoms with E-state index in [1.165, 1.54) is 23.0 Å². The Morgan fingerprint density at radius 2 is 1.87 bits per heavy atom. The average Bonchev–Trinajstić information content (AvgIpc) is 3.21. The van der Waals surface area contributed by atoms with Gasteiger partial charge in [0.25, 0.3) is 5.56 Å². The van der Waals surface area contributed by atoms with E-state index in [4.69, 9.17) is 4.74 Å². The third-order valence-corrected chi connectivity index (χ3v) is 4.78. The molecule has 0 unspecified atom stereocenters. The van der Waals surface area contributed by atoms with Crippen LogP contribution in [0.3, 0.4) is 0 Å². The lowest BCUT2D eigenvalue weighted by molar-refractivity contribution is 0.483. The Morgan fingerprint density at radius 1 is 1.00 bits per heavy atom. The number of hydrogen-bond acceptors (Lipinski definition) is 5. The van der Waals surface area contributed by atoms with E-state index in [0.717, 1.165) is 11.3 Å². The predicted molar refractivity (Wildman–Crippen MR) is 114 cm³/mol. The topological polar surface area (TPSA) is 74.8 Å². The van der Waals surface area contributed by atoms with E-state index in [1.54, 1.807) is 59.5 Å². The largest absolute Gasteiger partial charge is 0.457 e. The van der Waals surface area contributed by atoms with Crippen LogP contribution >= 0.6 is 0 Å². The normalized spacial score (nSPS) is 11.0. The van der Waals surface area contributed by atoms with Crippen LogP contribution in [0.1, 0.15) is 0 Å². The van der Waals surface area contributed by atoms with Gasteiger partial charge in [0.15, 0.2) is 0 Å². The van der Waals surface area contributed by atoms with Gasteiger partial charge in [0.2, 0.25) is 0 Å². The molecular formula is C23H16FN5O2. The Labute approximate surface area is 176 Å². The first-order chi connectivity index (χ1) is 15.1. The summed E-state index contributed by atoms with van der Waals surface area (Å²) in [5, 5.41) is 4.52. The van der Waals surface area contributed by atoms with E-state index in [1.807, 2.05) is 13.2 Å². The smallest absolute Gasteiger partial charge is 0.265 e. The molecule has 0 saturated carbocycles. The second-order valence-corrected chi connectivity index (χ2v) is 6.96. The van der Waals surface area contributed by atoms with Crippen molar-refractivity contribution in [3.63, 3.8) is 0 Å². The van der Waals surface area contributed by atoms with Gasteiger partial charge in [-0.1, -0.05) is 6.07 Å². The highest BCUT2D eigenvalue weighted by atomic mass is 19.1. The summed E-state index contributed by atoms with van der Waals surface area (Å²) in [4.78, 5) is 21.7. The van der Waals surface area contributed by atoms with Crippen molar-refractivity contribution in [3.8, 4) is 28.4 Å². The van der Waals surface area contributed by atoms with Gasteiger partial charge in [0.1, 0.15) is 23.6 Å². The van der Waals surface area contributed by atoms with Crippen LogP contribution in [0.4, 0.5) is 4.39 Å². The van der Waals surface area contributed by atoms with Gasteiger partial charge in [0.05, 0.1) is 28.5 Å². The molecule has 0 aliphatic rings. The van der Waals surface area contributed by atoms with E-state index in [-0.39, 0.29) is 5.56 Å². The number of halogens is 1. The first-order valence-corrected chi connectivity index (χ1v) is 9.47. The lowest BCUT2D eigenvalue weighted by Gasteiger charge is -2.09. The molecule has 0 spiro atoms. The Hall–Kier alpha value is -4.33. The van der Waals surface area contributed by atoms with Crippen LogP contribution in [0, 0.1) is 5.82 Å². The van der Waals surface area contributed by atoms with Crippen molar-refractivity contribution in [2.45, 2.75) is 0 Å². The van der Waals surface area contributed by atoms with Crippen LogP contribution in [0.15, 0.2) is 84.3 Å². The summed E-state index contributed by atoms with van der Waals surface area (Å²) in [6, 6.07) is 14.4. The second kappa shape index (κ2) is 7.49. The van der Waals surface area contributed by atoms with Crippen molar-refractivity contribution in [2.75, 3.05) is 0 Å². The number of ether oxygens (including phenoxy) is 1. The van der Waals surface area contributed by atoms with Crippen molar-refractivity contribution in [2.24, 2.45) is 7.05 Å². The van der Waals surface area contributed by atoms with E-state index in [0.29, 0.717) is 28.1 Å². The van der Waals surface area contributed by atoms with Crippen molar-refractivity contribution < 1.29 is 9.13 Å². The Kier molecular flexibility index (Phi) is 4.51. The molecule has 0 radical (unpaired) electrons. The minimum Gasteiger partial charge on any atom is -0.457 e. The molecular weight excluding hydrogens is 397 g/mol. The first kappa shape index (κ1) is 18.7. The molecule has 5 rings (SSSR count). The Bertz CT molecular complexity index is 1470. The van der Waals surface area contributed by atoms with Gasteiger partial charge >= 0.3 is 0 Å². The summed E-state index contributed by atoms with van der Waals surface area (Å²) in [6.07, 6.45) is 6.63. The predicted octanol–water partition coefficient (Wildman–Crippen LogP) is 4.11. The van der Waals surface area contributed by atoms with Crippen molar-refractivity contribution in [1.29, 1.82) is 0 Å². The molecule has 0 fully saturated rings. The molecule has 7 nitrogen and oxygen atoms in total. The zero-order valence-corrected chi connectivity index (χ0v) is 16.4. The molecule has 0 saturated heterocycles. The third kappa shape index (κ3) is 3.66. The van der Waals surface area contributed by atoms with Gasteiger partial charge in [-0.15, -0.1) is 0 Å². The fourth-order valence-corrected chi connectivity index (χ4v) is 3.30. The molecule has 3 aromatic heterocycles. The Balaban J connectivity index is 1.51. The van der Waals surface area contributed by atoms with Gasteiger partial charge in [-0.2, -0.15) is 5.10 Å². The van der Waals surface area contributed by atoms with Crippen LogP contribution < -0.4 is 10.3 Å². The molecule has 152 valence electrons. The molecule has 3 heterocycles. The lowest BCUT2D eigenvalue weighted by atomic mass is 10.2. The molecule has 0 amide bonds. The van der Waals surface area contributed by atoms with E-state index >= 15 is 0 Å². The molecule has 0 aliphatic heterocycles. The highest BCUT2D eigenvalue weighted by molar-refractivity contribution is 5.79. The van der Waals surface area contributed by atoms with Crippen molar-refractivity contribution in [3.05, 3.63) is 95.7 Å². The number of pyridine rings is 1. The zero-order valence-electron chi connectivity index (χ0n) is 16.4. The van der Waals surface area contributed by atoms with Gasteiger partial charge in [-0.05, 0) is 42.5 Å². The van der Waals surface area contributed by atoms with E-state index in [2.05, 4.69) is 15.1 Å². The summed E-state index contributed by atoms with van der Waals surface area (Å²) >= 11 is 0. The molecule has 31 heavy (non-hydrogen) atoms. The number of aryl methyl sites for hydroxylation is 1. The fraction of sp³-hybridized carbons (Fsp3) is 0.0435. The summed E-state index contributed by atoms with van der Waals surface area (Å²) in [5.41, 5.74) is 2.21. The Morgan fingerprint density at radius 3 is 2.68 bits per heavy atom. The number of nitrogens with zero attached hydrogens (tertiary/aromatic N) is 5. The first-order valence-electron chi connectivity index (χ1n) is 9.47. The highest BCUT2D eigenvalue weighted by Gasteiger charge is 2.10. The van der Waals surface area contributed by atoms with Crippen LogP contribution in [-0.4, -0.2) is 24.3 Å². The summed E-state index contributed by atoms with van der Waals surface area (Å²) in [5.74, 6) is 0.623. The summed E-state index contributed by atoms with van der Waals surface area (Å²) in [7, 11) is 1.84. The second-order valence-electron chi connectivity index (χ2n) is 6.96. The number of fused-ring (bicyclic) bond motifs is 1. The lowest BCUT2D eigenvalue weighted by Crippen LogP contribution is -2.18. The minimum absolute atomic E-state index is 0.313. The summed E-state index contributed by atoms with van der Waals surface area (Å²) in [6.45, 7) is 0. The quantitative estimate of drug-likeness (QED) is 0.443. The number of aromatic nitrogens is 5. The molecule has 0 aliphatic carbocycles. The van der Waals surface area contributed by atoms with Crippen LogP contribution in [0.5, 0.6) is 11.5 Å². The van der Waals surface area contributed by atoms with Crippen LogP contribution in [-0.2, 0) is 7.05 Å². The van der Waals surface area contributed by atoms with Gasteiger partial charge in [-0.3, -0.25) is 19.0 Å². The maximum atomic E-state index is 13.6. The minimum atomic E-state index is -0.427. The highest BCUT2D eigenvalue weighted by Crippen LogP contribution is 2.27. The van der Waals surface area contributed by atoms with Gasteiger partial charge in [0, 0.05) is 31.1 Å². The molecule has 0 N–H and O–H groups in total. The fourth-order valence-electron chi connectivity index (χ4n) is 3.30.